The van der Waals surface area contributed by atoms with Crippen molar-refractivity contribution >= 4 is 11.9 Å². The molecule has 1 heterocycles. The number of amides is 1. The zero-order valence-electron chi connectivity index (χ0n) is 14.5. The molecule has 0 bridgehead atoms. The van der Waals surface area contributed by atoms with Crippen LogP contribution >= 0.6 is 0 Å². The molecule has 0 fully saturated rings. The lowest BCUT2D eigenvalue weighted by Crippen LogP contribution is -2.42. The summed E-state index contributed by atoms with van der Waals surface area (Å²) in [5, 5.41) is 15.7. The number of carboxylic acids is 1. The summed E-state index contributed by atoms with van der Waals surface area (Å²) in [6.45, 7) is 7.31. The third-order valence-electron chi connectivity index (χ3n) is 4.26. The molecule has 1 amide bonds. The number of hydrogen-bond acceptors (Lipinski definition) is 3. The van der Waals surface area contributed by atoms with Gasteiger partial charge in [0.15, 0.2) is 0 Å². The zero-order valence-corrected chi connectivity index (χ0v) is 14.5. The van der Waals surface area contributed by atoms with E-state index in [-0.39, 0.29) is 24.6 Å². The highest BCUT2D eigenvalue weighted by molar-refractivity contribution is 5.95. The SMILES string of the molecule is CCC(CC)(CNC(=O)c1cnn(CC(C)C)c1C(F)F)C(=O)O. The Labute approximate surface area is 140 Å². The minimum Gasteiger partial charge on any atom is -0.481 e. The van der Waals surface area contributed by atoms with Crippen LogP contribution in [0.2, 0.25) is 0 Å². The third kappa shape index (κ3) is 4.30. The molecular formula is C16H25F2N3O3. The number of nitrogens with one attached hydrogen (secondary N) is 1. The number of hydrogen-bond donors (Lipinski definition) is 2. The third-order valence-corrected chi connectivity index (χ3v) is 4.26. The van der Waals surface area contributed by atoms with Crippen molar-refractivity contribution in [2.75, 3.05) is 6.54 Å². The van der Waals surface area contributed by atoms with Crippen LogP contribution in [0.25, 0.3) is 0 Å². The van der Waals surface area contributed by atoms with E-state index in [9.17, 15) is 23.5 Å². The van der Waals surface area contributed by atoms with Crippen molar-refractivity contribution in [1.29, 1.82) is 0 Å². The van der Waals surface area contributed by atoms with Crippen LogP contribution in [0.4, 0.5) is 8.78 Å². The highest BCUT2D eigenvalue weighted by Gasteiger charge is 2.36. The Bertz CT molecular complexity index is 581. The maximum atomic E-state index is 13.3. The van der Waals surface area contributed by atoms with E-state index in [1.54, 1.807) is 13.8 Å². The molecule has 0 saturated heterocycles. The lowest BCUT2D eigenvalue weighted by Gasteiger charge is -2.26. The molecule has 0 aliphatic rings. The number of carbonyl (C=O) groups is 2. The number of alkyl halides is 2. The number of carbonyl (C=O) groups excluding carboxylic acids is 1. The van der Waals surface area contributed by atoms with Crippen LogP contribution in [-0.4, -0.2) is 33.3 Å². The first kappa shape index (κ1) is 20.1. The molecule has 24 heavy (non-hydrogen) atoms. The van der Waals surface area contributed by atoms with Gasteiger partial charge in [-0.1, -0.05) is 27.7 Å². The maximum Gasteiger partial charge on any atom is 0.311 e. The summed E-state index contributed by atoms with van der Waals surface area (Å²) in [7, 11) is 0. The Morgan fingerprint density at radius 3 is 2.33 bits per heavy atom. The molecule has 136 valence electrons. The van der Waals surface area contributed by atoms with E-state index in [0.717, 1.165) is 10.9 Å². The van der Waals surface area contributed by atoms with Crippen LogP contribution in [0.3, 0.4) is 0 Å². The fourth-order valence-corrected chi connectivity index (χ4v) is 2.51. The number of rotatable bonds is 9. The Balaban J connectivity index is 3.00. The quantitative estimate of drug-likeness (QED) is 0.720. The van der Waals surface area contributed by atoms with Crippen molar-refractivity contribution in [2.24, 2.45) is 11.3 Å². The van der Waals surface area contributed by atoms with Gasteiger partial charge in [-0.05, 0) is 18.8 Å². The van der Waals surface area contributed by atoms with Gasteiger partial charge in [-0.15, -0.1) is 0 Å². The number of aromatic nitrogens is 2. The maximum absolute atomic E-state index is 13.3. The van der Waals surface area contributed by atoms with Gasteiger partial charge < -0.3 is 10.4 Å². The van der Waals surface area contributed by atoms with Crippen molar-refractivity contribution < 1.29 is 23.5 Å². The largest absolute Gasteiger partial charge is 0.481 e. The van der Waals surface area contributed by atoms with Gasteiger partial charge in [-0.3, -0.25) is 14.3 Å². The van der Waals surface area contributed by atoms with Gasteiger partial charge >= 0.3 is 5.97 Å². The van der Waals surface area contributed by atoms with Crippen molar-refractivity contribution in [2.45, 2.75) is 53.5 Å². The van der Waals surface area contributed by atoms with Crippen LogP contribution in [0.15, 0.2) is 6.20 Å². The Morgan fingerprint density at radius 1 is 1.33 bits per heavy atom. The Hall–Kier alpha value is -1.99. The second-order valence-corrected chi connectivity index (χ2v) is 6.30. The summed E-state index contributed by atoms with van der Waals surface area (Å²) in [4.78, 5) is 23.7. The normalized spacial score (nSPS) is 12.0. The molecule has 1 rings (SSSR count). The molecule has 0 saturated carbocycles. The van der Waals surface area contributed by atoms with Crippen LogP contribution in [0, 0.1) is 11.3 Å². The summed E-state index contributed by atoms with van der Waals surface area (Å²) < 4.78 is 27.8. The van der Waals surface area contributed by atoms with E-state index in [1.165, 1.54) is 0 Å². The molecule has 1 aromatic rings. The van der Waals surface area contributed by atoms with Crippen LogP contribution < -0.4 is 5.32 Å². The summed E-state index contributed by atoms with van der Waals surface area (Å²) in [5.74, 6) is -1.65. The van der Waals surface area contributed by atoms with Gasteiger partial charge in [-0.2, -0.15) is 5.10 Å². The smallest absolute Gasteiger partial charge is 0.311 e. The second kappa shape index (κ2) is 8.21. The van der Waals surface area contributed by atoms with E-state index < -0.39 is 29.4 Å². The summed E-state index contributed by atoms with van der Waals surface area (Å²) in [6, 6.07) is 0. The van der Waals surface area contributed by atoms with Crippen molar-refractivity contribution in [3.05, 3.63) is 17.5 Å². The van der Waals surface area contributed by atoms with Gasteiger partial charge in [0.25, 0.3) is 12.3 Å². The standard InChI is InChI=1S/C16H25F2N3O3/c1-5-16(6-2,15(23)24)9-19-14(22)11-7-20-21(8-10(3)4)12(11)13(17)18/h7,10,13H,5-6,8-9H2,1-4H3,(H,19,22)(H,23,24). The molecular weight excluding hydrogens is 320 g/mol. The number of aliphatic carboxylic acids is 1. The summed E-state index contributed by atoms with van der Waals surface area (Å²) in [6.07, 6.45) is -1.07. The van der Waals surface area contributed by atoms with E-state index in [2.05, 4.69) is 10.4 Å². The number of nitrogens with zero attached hydrogens (tertiary/aromatic N) is 2. The molecule has 8 heteroatoms. The highest BCUT2D eigenvalue weighted by atomic mass is 19.3. The zero-order chi connectivity index (χ0) is 18.5. The van der Waals surface area contributed by atoms with Gasteiger partial charge in [0.1, 0.15) is 5.69 Å². The monoisotopic (exact) mass is 345 g/mol. The number of carboxylic acid groups (broad SMARTS) is 1. The minimum absolute atomic E-state index is 0.0955. The van der Waals surface area contributed by atoms with Gasteiger partial charge in [0.05, 0.1) is 17.2 Å². The molecule has 1 aromatic heterocycles. The molecule has 0 atom stereocenters. The Kier molecular flexibility index (Phi) is 6.86. The lowest BCUT2D eigenvalue weighted by molar-refractivity contribution is -0.149. The molecule has 0 aliphatic carbocycles. The minimum atomic E-state index is -2.84. The topological polar surface area (TPSA) is 84.2 Å². The van der Waals surface area contributed by atoms with E-state index in [0.29, 0.717) is 12.8 Å². The number of halogens is 2. The fraction of sp³-hybridized carbons (Fsp3) is 0.688. The average molecular weight is 345 g/mol. The van der Waals surface area contributed by atoms with Gasteiger partial charge in [-0.25, -0.2) is 8.78 Å². The van der Waals surface area contributed by atoms with Crippen LogP contribution in [-0.2, 0) is 11.3 Å². The van der Waals surface area contributed by atoms with E-state index in [1.807, 2.05) is 13.8 Å². The molecule has 0 radical (unpaired) electrons. The lowest BCUT2D eigenvalue weighted by atomic mass is 9.82. The first-order chi connectivity index (χ1) is 11.2. The van der Waals surface area contributed by atoms with E-state index >= 15 is 0 Å². The molecule has 2 N–H and O–H groups in total. The van der Waals surface area contributed by atoms with E-state index in [4.69, 9.17) is 0 Å². The summed E-state index contributed by atoms with van der Waals surface area (Å²) in [5.41, 5.74) is -1.75. The van der Waals surface area contributed by atoms with Gasteiger partial charge in [0.2, 0.25) is 0 Å². The summed E-state index contributed by atoms with van der Waals surface area (Å²) >= 11 is 0. The predicted molar refractivity (Wildman–Crippen MR) is 85.0 cm³/mol. The Morgan fingerprint density at radius 2 is 1.92 bits per heavy atom. The first-order valence-corrected chi connectivity index (χ1v) is 8.04. The molecule has 6 nitrogen and oxygen atoms in total. The van der Waals surface area contributed by atoms with Crippen LogP contribution in [0.5, 0.6) is 0 Å². The average Bonchev–Trinajstić information content (AvgIpc) is 2.91. The molecule has 0 spiro atoms. The first-order valence-electron chi connectivity index (χ1n) is 8.04. The second-order valence-electron chi connectivity index (χ2n) is 6.30. The predicted octanol–water partition coefficient (Wildman–Crippen LogP) is 3.10. The molecule has 0 unspecified atom stereocenters. The van der Waals surface area contributed by atoms with Crippen LogP contribution in [0.1, 0.15) is 63.0 Å². The van der Waals surface area contributed by atoms with Crippen molar-refractivity contribution in [3.63, 3.8) is 0 Å². The molecule has 0 aliphatic heterocycles. The van der Waals surface area contributed by atoms with Crippen molar-refractivity contribution in [1.82, 2.24) is 15.1 Å². The highest BCUT2D eigenvalue weighted by Crippen LogP contribution is 2.27. The fourth-order valence-electron chi connectivity index (χ4n) is 2.51. The van der Waals surface area contributed by atoms with Gasteiger partial charge in [0, 0.05) is 13.1 Å². The van der Waals surface area contributed by atoms with Crippen molar-refractivity contribution in [3.8, 4) is 0 Å². The molecule has 0 aromatic carbocycles.